The fourth-order valence-electron chi connectivity index (χ4n) is 0.806. The van der Waals surface area contributed by atoms with Gasteiger partial charge in [0, 0.05) is 0 Å². The van der Waals surface area contributed by atoms with Crippen molar-refractivity contribution in [1.82, 2.24) is 0 Å². The average molecular weight is 228 g/mol. The van der Waals surface area contributed by atoms with Crippen LogP contribution >= 0.6 is 0 Å². The van der Waals surface area contributed by atoms with Crippen LogP contribution < -0.4 is 5.32 Å². The number of carbonyl (C=O) groups is 1. The molecule has 0 saturated heterocycles. The van der Waals surface area contributed by atoms with E-state index >= 15 is 0 Å². The minimum atomic E-state index is 0.0326. The van der Waals surface area contributed by atoms with Crippen molar-refractivity contribution in [3.63, 3.8) is 0 Å². The molecule has 0 bridgehead atoms. The molecule has 0 aliphatic carbocycles. The molecule has 0 radical (unpaired) electrons. The van der Waals surface area contributed by atoms with Crippen LogP contribution in [-0.2, 0) is 0 Å². The maximum atomic E-state index is 11.0. The third-order valence-electron chi connectivity index (χ3n) is 1.48. The first-order valence-electron chi connectivity index (χ1n) is 3.64. The Morgan fingerprint density at radius 2 is 1.92 bits per heavy atom. The van der Waals surface area contributed by atoms with E-state index in [9.17, 15) is 4.79 Å². The Balaban J connectivity index is 2.64. The molecule has 64 valence electrons. The predicted octanol–water partition coefficient (Wildman–Crippen LogP) is 2.28. The normalized spacial score (nSPS) is 9.50. The summed E-state index contributed by atoms with van der Waals surface area (Å²) in [6.45, 7) is 2.02. The number of benzene rings is 1. The van der Waals surface area contributed by atoms with Gasteiger partial charge in [-0.05, 0) is 0 Å². The van der Waals surface area contributed by atoms with E-state index in [4.69, 9.17) is 0 Å². The average Bonchev–Trinajstić information content (AvgIpc) is 2.09. The summed E-state index contributed by atoms with van der Waals surface area (Å²) in [6, 6.07) is 7.80. The predicted molar refractivity (Wildman–Crippen MR) is 51.8 cm³/mol. The third kappa shape index (κ3) is 2.68. The zero-order valence-electron chi connectivity index (χ0n) is 7.13. The summed E-state index contributed by atoms with van der Waals surface area (Å²) in [5.41, 5.74) is 2.09. The Morgan fingerprint density at radius 3 is 2.42 bits per heavy atom. The maximum absolute atomic E-state index is 11.0. The molecule has 0 saturated carbocycles. The molecule has 1 N–H and O–H groups in total. The first-order valence-corrected chi connectivity index (χ1v) is 6.21. The summed E-state index contributed by atoms with van der Waals surface area (Å²) in [5.74, 6) is 1.90. The van der Waals surface area contributed by atoms with Crippen LogP contribution in [-0.4, -0.2) is 19.8 Å². The molecule has 0 aliphatic rings. The van der Waals surface area contributed by atoms with Crippen molar-refractivity contribution in [2.75, 3.05) is 5.32 Å². The summed E-state index contributed by atoms with van der Waals surface area (Å²) < 4.78 is 0. The van der Waals surface area contributed by atoms with Crippen molar-refractivity contribution in [1.29, 1.82) is 0 Å². The molecule has 0 aromatic heterocycles. The SMILES string of the molecule is C[Se]C(=O)Nc1ccc(C)cc1. The zero-order chi connectivity index (χ0) is 8.97. The molecule has 2 nitrogen and oxygen atoms in total. The summed E-state index contributed by atoms with van der Waals surface area (Å²) in [7, 11) is 0. The molecule has 12 heavy (non-hydrogen) atoms. The van der Waals surface area contributed by atoms with Gasteiger partial charge in [0.25, 0.3) is 0 Å². The molecule has 1 rings (SSSR count). The molecule has 1 aromatic rings. The van der Waals surface area contributed by atoms with Crippen molar-refractivity contribution in [2.45, 2.75) is 12.7 Å². The number of anilines is 1. The summed E-state index contributed by atoms with van der Waals surface area (Å²) in [5, 5.41) is 2.81. The minimum absolute atomic E-state index is 0.0326. The fraction of sp³-hybridized carbons (Fsp3) is 0.222. The van der Waals surface area contributed by atoms with Gasteiger partial charge in [0.1, 0.15) is 0 Å². The van der Waals surface area contributed by atoms with Gasteiger partial charge in [-0.25, -0.2) is 0 Å². The molecular formula is C9H11NOSe. The van der Waals surface area contributed by atoms with E-state index < -0.39 is 0 Å². The van der Waals surface area contributed by atoms with Gasteiger partial charge in [-0.1, -0.05) is 0 Å². The van der Waals surface area contributed by atoms with Gasteiger partial charge in [-0.15, -0.1) is 0 Å². The molecule has 0 atom stereocenters. The van der Waals surface area contributed by atoms with E-state index in [0.29, 0.717) is 0 Å². The van der Waals surface area contributed by atoms with Gasteiger partial charge in [0.15, 0.2) is 0 Å². The Morgan fingerprint density at radius 1 is 1.33 bits per heavy atom. The summed E-state index contributed by atoms with van der Waals surface area (Å²) in [4.78, 5) is 11.1. The second kappa shape index (κ2) is 4.29. The van der Waals surface area contributed by atoms with Crippen molar-refractivity contribution in [3.05, 3.63) is 29.8 Å². The van der Waals surface area contributed by atoms with E-state index in [1.54, 1.807) is 0 Å². The van der Waals surface area contributed by atoms with Crippen LogP contribution in [0.4, 0.5) is 10.5 Å². The quantitative estimate of drug-likeness (QED) is 0.773. The first kappa shape index (κ1) is 9.30. The van der Waals surface area contributed by atoms with Crippen LogP contribution in [0, 0.1) is 6.92 Å². The number of hydrogen-bond donors (Lipinski definition) is 1. The molecule has 1 amide bonds. The van der Waals surface area contributed by atoms with Crippen LogP contribution in [0.2, 0.25) is 5.82 Å². The van der Waals surface area contributed by atoms with Gasteiger partial charge in [0.05, 0.1) is 0 Å². The van der Waals surface area contributed by atoms with Crippen LogP contribution in [0.3, 0.4) is 0 Å². The van der Waals surface area contributed by atoms with Crippen LogP contribution in [0.1, 0.15) is 5.56 Å². The van der Waals surface area contributed by atoms with Gasteiger partial charge < -0.3 is 0 Å². The molecular weight excluding hydrogens is 217 g/mol. The van der Waals surface area contributed by atoms with E-state index in [1.807, 2.05) is 37.0 Å². The topological polar surface area (TPSA) is 29.1 Å². The fourth-order valence-corrected chi connectivity index (χ4v) is 1.27. The zero-order valence-corrected chi connectivity index (χ0v) is 8.84. The Hall–Kier alpha value is -0.791. The van der Waals surface area contributed by atoms with Crippen molar-refractivity contribution < 1.29 is 4.79 Å². The molecule has 0 aliphatic heterocycles. The van der Waals surface area contributed by atoms with Crippen molar-refractivity contribution in [2.24, 2.45) is 0 Å². The number of aryl methyl sites for hydroxylation is 1. The molecule has 0 fully saturated rings. The number of rotatable bonds is 2. The first-order chi connectivity index (χ1) is 5.72. The van der Waals surface area contributed by atoms with E-state index in [0.717, 1.165) is 5.69 Å². The van der Waals surface area contributed by atoms with Crippen molar-refractivity contribution in [3.8, 4) is 0 Å². The number of nitrogens with one attached hydrogen (secondary N) is 1. The van der Waals surface area contributed by atoms with Gasteiger partial charge in [0.2, 0.25) is 0 Å². The Bertz CT molecular complexity index is 268. The van der Waals surface area contributed by atoms with Crippen LogP contribution in [0.5, 0.6) is 0 Å². The third-order valence-corrected chi connectivity index (χ3v) is 2.48. The molecule has 1 aromatic carbocycles. The second-order valence-corrected chi connectivity index (χ2v) is 4.12. The molecule has 0 unspecified atom stereocenters. The molecule has 0 spiro atoms. The van der Waals surface area contributed by atoms with Gasteiger partial charge >= 0.3 is 78.1 Å². The van der Waals surface area contributed by atoms with Crippen LogP contribution in [0.25, 0.3) is 0 Å². The monoisotopic (exact) mass is 229 g/mol. The number of carbonyl (C=O) groups excluding carboxylic acids is 1. The standard InChI is InChI=1S/C9H11NOSe/c1-7-3-5-8(6-4-7)10-9(11)12-2/h3-6H,1-2H3,(H,10,11). The van der Waals surface area contributed by atoms with Gasteiger partial charge in [-0.3, -0.25) is 0 Å². The second-order valence-electron chi connectivity index (χ2n) is 2.48. The number of amides is 1. The van der Waals surface area contributed by atoms with E-state index in [-0.39, 0.29) is 19.8 Å². The van der Waals surface area contributed by atoms with Crippen molar-refractivity contribution >= 4 is 25.4 Å². The van der Waals surface area contributed by atoms with E-state index in [1.165, 1.54) is 5.56 Å². The Labute approximate surface area is 78.5 Å². The summed E-state index contributed by atoms with van der Waals surface area (Å²) >= 11 is 0.0326. The molecule has 3 heteroatoms. The summed E-state index contributed by atoms with van der Waals surface area (Å²) in [6.07, 6.45) is 0. The van der Waals surface area contributed by atoms with Crippen LogP contribution in [0.15, 0.2) is 24.3 Å². The van der Waals surface area contributed by atoms with Gasteiger partial charge in [-0.2, -0.15) is 0 Å². The number of hydrogen-bond acceptors (Lipinski definition) is 1. The molecule has 0 heterocycles. The van der Waals surface area contributed by atoms with E-state index in [2.05, 4.69) is 5.32 Å². The Kier molecular flexibility index (Phi) is 3.32.